The summed E-state index contributed by atoms with van der Waals surface area (Å²) in [5.74, 6) is 2.29. The van der Waals surface area contributed by atoms with Gasteiger partial charge in [0.25, 0.3) is 0 Å². The van der Waals surface area contributed by atoms with Crippen molar-refractivity contribution in [2.45, 2.75) is 56.7 Å². The molecule has 1 atom stereocenters. The number of guanidine groups is 1. The van der Waals surface area contributed by atoms with E-state index in [9.17, 15) is 0 Å². The molecule has 25 heavy (non-hydrogen) atoms. The van der Waals surface area contributed by atoms with Gasteiger partial charge in [-0.25, -0.2) is 0 Å². The fraction of sp³-hybridized carbons (Fsp3) is 0.947. The summed E-state index contributed by atoms with van der Waals surface area (Å²) in [5, 5.41) is 3.55. The van der Waals surface area contributed by atoms with Gasteiger partial charge in [0, 0.05) is 43.6 Å². The predicted octanol–water partition coefficient (Wildman–Crippen LogP) is 2.42. The van der Waals surface area contributed by atoms with Crippen molar-refractivity contribution in [1.82, 2.24) is 15.1 Å². The van der Waals surface area contributed by atoms with Crippen molar-refractivity contribution in [3.8, 4) is 0 Å². The summed E-state index contributed by atoms with van der Waals surface area (Å²) in [6, 6.07) is 0.730. The molecule has 1 unspecified atom stereocenters. The lowest BCUT2D eigenvalue weighted by atomic mass is 9.99. The lowest BCUT2D eigenvalue weighted by Gasteiger charge is -2.35. The van der Waals surface area contributed by atoms with E-state index in [1.165, 1.54) is 32.4 Å². The highest BCUT2D eigenvalue weighted by molar-refractivity contribution is 8.00. The topological polar surface area (TPSA) is 40.1 Å². The maximum absolute atomic E-state index is 5.60. The minimum absolute atomic E-state index is 0.280. The van der Waals surface area contributed by atoms with E-state index in [1.54, 1.807) is 0 Å². The van der Waals surface area contributed by atoms with Crippen LogP contribution in [0.3, 0.4) is 0 Å². The molecule has 144 valence electrons. The van der Waals surface area contributed by atoms with Crippen molar-refractivity contribution >= 4 is 17.7 Å². The van der Waals surface area contributed by atoms with Gasteiger partial charge in [-0.05, 0) is 57.9 Å². The van der Waals surface area contributed by atoms with Crippen LogP contribution in [0.5, 0.6) is 0 Å². The lowest BCUT2D eigenvalue weighted by Crippen LogP contribution is -2.44. The number of hydrogen-bond acceptors (Lipinski definition) is 4. The van der Waals surface area contributed by atoms with Crippen LogP contribution in [-0.2, 0) is 4.74 Å². The van der Waals surface area contributed by atoms with E-state index in [0.717, 1.165) is 70.0 Å². The molecule has 0 aliphatic carbocycles. The first-order valence-corrected chi connectivity index (χ1v) is 11.2. The average molecular weight is 369 g/mol. The average Bonchev–Trinajstić information content (AvgIpc) is 3.31. The maximum atomic E-state index is 5.60. The fourth-order valence-corrected chi connectivity index (χ4v) is 5.61. The highest BCUT2D eigenvalue weighted by Crippen LogP contribution is 2.35. The third-order valence-electron chi connectivity index (χ3n) is 5.83. The van der Waals surface area contributed by atoms with Crippen LogP contribution in [0.1, 0.15) is 46.0 Å². The highest BCUT2D eigenvalue weighted by Gasteiger charge is 2.34. The van der Waals surface area contributed by atoms with Crippen LogP contribution in [0, 0.1) is 0 Å². The molecule has 0 aromatic heterocycles. The second-order valence-electron chi connectivity index (χ2n) is 7.53. The molecule has 0 radical (unpaired) electrons. The summed E-state index contributed by atoms with van der Waals surface area (Å²) in [5.41, 5.74) is 0. The molecule has 1 N–H and O–H groups in total. The Bertz CT molecular complexity index is 428. The molecule has 5 nitrogen and oxygen atoms in total. The van der Waals surface area contributed by atoms with Crippen molar-refractivity contribution in [2.75, 3.05) is 58.2 Å². The minimum atomic E-state index is 0.280. The molecule has 3 aliphatic rings. The molecule has 6 heteroatoms. The van der Waals surface area contributed by atoms with Crippen LogP contribution in [0.4, 0.5) is 0 Å². The van der Waals surface area contributed by atoms with E-state index >= 15 is 0 Å². The van der Waals surface area contributed by atoms with Crippen LogP contribution in [-0.4, -0.2) is 84.8 Å². The number of hydrogen-bond donors (Lipinski definition) is 1. The molecule has 0 aromatic rings. The van der Waals surface area contributed by atoms with E-state index < -0.39 is 0 Å². The molecule has 3 rings (SSSR count). The van der Waals surface area contributed by atoms with Crippen molar-refractivity contribution in [3.63, 3.8) is 0 Å². The third-order valence-corrected chi connectivity index (χ3v) is 7.26. The van der Waals surface area contributed by atoms with Gasteiger partial charge in [-0.15, -0.1) is 0 Å². The van der Waals surface area contributed by atoms with Gasteiger partial charge in [0.05, 0.1) is 6.54 Å². The molecule has 3 fully saturated rings. The van der Waals surface area contributed by atoms with E-state index in [1.807, 2.05) is 0 Å². The number of thioether (sulfide) groups is 1. The SMILES string of the molecule is CCNC(=NCC1(SCC)CCOCC1)N1CCC(N2CCCC2)C1. The van der Waals surface area contributed by atoms with Gasteiger partial charge < -0.3 is 15.0 Å². The molecule has 3 heterocycles. The first kappa shape index (κ1) is 19.3. The standard InChI is InChI=1S/C19H36N4OS/c1-3-20-18(21-16-19(25-4-2)8-13-24-14-9-19)23-12-7-17(15-23)22-10-5-6-11-22/h17H,3-16H2,1-2H3,(H,20,21). The summed E-state index contributed by atoms with van der Waals surface area (Å²) in [4.78, 5) is 10.3. The molecule has 0 spiro atoms. The monoisotopic (exact) mass is 368 g/mol. The number of aliphatic imine (C=N–C) groups is 1. The predicted molar refractivity (Wildman–Crippen MR) is 108 cm³/mol. The first-order chi connectivity index (χ1) is 12.3. The molecular formula is C19H36N4OS. The van der Waals surface area contributed by atoms with E-state index in [2.05, 4.69) is 40.7 Å². The fourth-order valence-electron chi connectivity index (χ4n) is 4.38. The Kier molecular flexibility index (Phi) is 7.31. The van der Waals surface area contributed by atoms with Crippen LogP contribution in [0.2, 0.25) is 0 Å². The molecule has 3 aliphatic heterocycles. The number of ether oxygens (including phenoxy) is 1. The Morgan fingerprint density at radius 2 is 1.96 bits per heavy atom. The Labute approximate surface area is 157 Å². The van der Waals surface area contributed by atoms with Gasteiger partial charge in [-0.1, -0.05) is 6.92 Å². The number of rotatable bonds is 6. The molecule has 0 amide bonds. The van der Waals surface area contributed by atoms with Gasteiger partial charge in [-0.2, -0.15) is 11.8 Å². The Morgan fingerprint density at radius 1 is 1.20 bits per heavy atom. The first-order valence-electron chi connectivity index (χ1n) is 10.3. The maximum Gasteiger partial charge on any atom is 0.194 e. The third kappa shape index (κ3) is 5.04. The summed E-state index contributed by atoms with van der Waals surface area (Å²) in [6.07, 6.45) is 6.30. The number of likely N-dealkylation sites (tertiary alicyclic amines) is 2. The van der Waals surface area contributed by atoms with E-state index in [0.29, 0.717) is 0 Å². The van der Waals surface area contributed by atoms with Gasteiger partial charge in [0.2, 0.25) is 0 Å². The second-order valence-corrected chi connectivity index (χ2v) is 9.26. The van der Waals surface area contributed by atoms with Crippen molar-refractivity contribution in [1.29, 1.82) is 0 Å². The lowest BCUT2D eigenvalue weighted by molar-refractivity contribution is 0.0793. The molecular weight excluding hydrogens is 332 g/mol. The second kappa shape index (κ2) is 9.47. The van der Waals surface area contributed by atoms with Crippen LogP contribution < -0.4 is 5.32 Å². The summed E-state index contributed by atoms with van der Waals surface area (Å²) >= 11 is 2.08. The summed E-state index contributed by atoms with van der Waals surface area (Å²) in [6.45, 7) is 13.0. The zero-order chi connectivity index (χ0) is 17.5. The Hall–Kier alpha value is -0.460. The minimum Gasteiger partial charge on any atom is -0.381 e. The van der Waals surface area contributed by atoms with Crippen LogP contribution in [0.15, 0.2) is 4.99 Å². The summed E-state index contributed by atoms with van der Waals surface area (Å²) in [7, 11) is 0. The van der Waals surface area contributed by atoms with Crippen molar-refractivity contribution < 1.29 is 4.74 Å². The molecule has 0 saturated carbocycles. The number of nitrogens with one attached hydrogen (secondary N) is 1. The summed E-state index contributed by atoms with van der Waals surface area (Å²) < 4.78 is 5.88. The van der Waals surface area contributed by atoms with Gasteiger partial charge in [0.15, 0.2) is 5.96 Å². The van der Waals surface area contributed by atoms with Gasteiger partial charge >= 0.3 is 0 Å². The van der Waals surface area contributed by atoms with E-state index in [4.69, 9.17) is 9.73 Å². The Balaban J connectivity index is 1.62. The van der Waals surface area contributed by atoms with Gasteiger partial charge in [-0.3, -0.25) is 9.89 Å². The van der Waals surface area contributed by atoms with Gasteiger partial charge in [0.1, 0.15) is 0 Å². The Morgan fingerprint density at radius 3 is 2.64 bits per heavy atom. The zero-order valence-corrected chi connectivity index (χ0v) is 17.0. The normalized spacial score (nSPS) is 27.8. The quantitative estimate of drug-likeness (QED) is 0.576. The zero-order valence-electron chi connectivity index (χ0n) is 16.1. The van der Waals surface area contributed by atoms with Crippen LogP contribution >= 0.6 is 11.8 Å². The highest BCUT2D eigenvalue weighted by atomic mass is 32.2. The van der Waals surface area contributed by atoms with E-state index in [-0.39, 0.29) is 4.75 Å². The number of nitrogens with zero attached hydrogens (tertiary/aromatic N) is 3. The smallest absolute Gasteiger partial charge is 0.194 e. The molecule has 0 bridgehead atoms. The molecule has 3 saturated heterocycles. The molecule has 0 aromatic carbocycles. The largest absolute Gasteiger partial charge is 0.381 e. The van der Waals surface area contributed by atoms with Crippen molar-refractivity contribution in [2.24, 2.45) is 4.99 Å². The van der Waals surface area contributed by atoms with Crippen LogP contribution in [0.25, 0.3) is 0 Å². The van der Waals surface area contributed by atoms with Crippen molar-refractivity contribution in [3.05, 3.63) is 0 Å².